The number of hydrogen-bond acceptors (Lipinski definition) is 3. The molecule has 1 aliphatic heterocycles. The molecule has 0 aromatic carbocycles. The van der Waals surface area contributed by atoms with Crippen LogP contribution < -0.4 is 0 Å². The number of hydrogen-bond donors (Lipinski definition) is 0. The van der Waals surface area contributed by atoms with Crippen molar-refractivity contribution in [2.75, 3.05) is 26.8 Å². The van der Waals surface area contributed by atoms with Gasteiger partial charge in [-0.15, -0.1) is 0 Å². The van der Waals surface area contributed by atoms with Gasteiger partial charge in [-0.25, -0.2) is 0 Å². The summed E-state index contributed by atoms with van der Waals surface area (Å²) in [5.41, 5.74) is 0. The molecule has 0 amide bonds. The minimum Gasteiger partial charge on any atom is -0.381 e. The number of ketones is 1. The molecule has 1 atom stereocenters. The normalized spacial score (nSPS) is 28.9. The van der Waals surface area contributed by atoms with Crippen LogP contribution in [-0.2, 0) is 9.53 Å². The van der Waals surface area contributed by atoms with Crippen LogP contribution in [0.4, 0.5) is 0 Å². The van der Waals surface area contributed by atoms with E-state index in [9.17, 15) is 4.79 Å². The van der Waals surface area contributed by atoms with Gasteiger partial charge in [-0.3, -0.25) is 4.79 Å². The zero-order valence-electron chi connectivity index (χ0n) is 9.58. The Kier molecular flexibility index (Phi) is 3.76. The minimum absolute atomic E-state index is 0.448. The summed E-state index contributed by atoms with van der Waals surface area (Å²) in [4.78, 5) is 13.6. The summed E-state index contributed by atoms with van der Waals surface area (Å²) in [6.07, 6.45) is 4.90. The molecule has 0 aromatic rings. The molecular weight excluding hydrogens is 190 g/mol. The lowest BCUT2D eigenvalue weighted by atomic mass is 9.93. The van der Waals surface area contributed by atoms with Crippen molar-refractivity contribution in [1.29, 1.82) is 0 Å². The Hall–Kier alpha value is -0.410. The van der Waals surface area contributed by atoms with Gasteiger partial charge >= 0.3 is 0 Å². The Bertz CT molecular complexity index is 214. The maximum atomic E-state index is 11.1. The topological polar surface area (TPSA) is 29.5 Å². The van der Waals surface area contributed by atoms with E-state index in [2.05, 4.69) is 11.9 Å². The third-order valence-electron chi connectivity index (χ3n) is 3.71. The highest BCUT2D eigenvalue weighted by atomic mass is 16.5. The third-order valence-corrected chi connectivity index (χ3v) is 3.71. The van der Waals surface area contributed by atoms with E-state index in [1.165, 1.54) is 6.42 Å². The van der Waals surface area contributed by atoms with Crippen LogP contribution in [0, 0.1) is 5.92 Å². The fraction of sp³-hybridized carbons (Fsp3) is 0.917. The van der Waals surface area contributed by atoms with Crippen molar-refractivity contribution in [3.05, 3.63) is 0 Å². The fourth-order valence-corrected chi connectivity index (χ4v) is 2.65. The molecule has 1 unspecified atom stereocenters. The van der Waals surface area contributed by atoms with E-state index in [0.29, 0.717) is 17.7 Å². The zero-order valence-corrected chi connectivity index (χ0v) is 9.58. The summed E-state index contributed by atoms with van der Waals surface area (Å²) < 4.78 is 5.38. The fourth-order valence-electron chi connectivity index (χ4n) is 2.65. The van der Waals surface area contributed by atoms with E-state index < -0.39 is 0 Å². The first-order valence-corrected chi connectivity index (χ1v) is 6.05. The van der Waals surface area contributed by atoms with Gasteiger partial charge in [0.1, 0.15) is 5.78 Å². The average molecular weight is 211 g/mol. The van der Waals surface area contributed by atoms with Crippen molar-refractivity contribution in [1.82, 2.24) is 4.90 Å². The molecule has 0 N–H and O–H groups in total. The van der Waals surface area contributed by atoms with E-state index in [1.54, 1.807) is 0 Å². The molecule has 2 rings (SSSR count). The van der Waals surface area contributed by atoms with Gasteiger partial charge in [0.15, 0.2) is 0 Å². The molecule has 15 heavy (non-hydrogen) atoms. The first-order valence-electron chi connectivity index (χ1n) is 6.05. The Morgan fingerprint density at radius 1 is 1.33 bits per heavy atom. The first-order chi connectivity index (χ1) is 7.25. The van der Waals surface area contributed by atoms with Crippen LogP contribution in [0.25, 0.3) is 0 Å². The summed E-state index contributed by atoms with van der Waals surface area (Å²) in [6.45, 7) is 3.00. The van der Waals surface area contributed by atoms with Gasteiger partial charge in [0.25, 0.3) is 0 Å². The molecule has 0 spiro atoms. The zero-order chi connectivity index (χ0) is 10.7. The van der Waals surface area contributed by atoms with Crippen molar-refractivity contribution in [3.63, 3.8) is 0 Å². The maximum absolute atomic E-state index is 11.1. The van der Waals surface area contributed by atoms with Crippen molar-refractivity contribution < 1.29 is 9.53 Å². The predicted octanol–water partition coefficient (Wildman–Crippen LogP) is 1.47. The molecule has 1 heterocycles. The van der Waals surface area contributed by atoms with Crippen molar-refractivity contribution in [2.24, 2.45) is 5.92 Å². The van der Waals surface area contributed by atoms with E-state index in [-0.39, 0.29) is 0 Å². The lowest BCUT2D eigenvalue weighted by Crippen LogP contribution is -2.38. The summed E-state index contributed by atoms with van der Waals surface area (Å²) in [7, 11) is 2.19. The summed E-state index contributed by atoms with van der Waals surface area (Å²) in [5.74, 6) is 1.16. The monoisotopic (exact) mass is 211 g/mol. The van der Waals surface area contributed by atoms with Gasteiger partial charge in [-0.2, -0.15) is 0 Å². The quantitative estimate of drug-likeness (QED) is 0.708. The molecule has 0 bridgehead atoms. The molecule has 3 heteroatoms. The van der Waals surface area contributed by atoms with E-state index in [4.69, 9.17) is 4.74 Å². The van der Waals surface area contributed by atoms with Gasteiger partial charge in [-0.05, 0) is 32.2 Å². The molecule has 1 saturated carbocycles. The number of Topliss-reactive ketones (excluding diaryl/α,β-unsaturated/α-hetero) is 1. The molecule has 1 aliphatic carbocycles. The van der Waals surface area contributed by atoms with E-state index in [1.807, 2.05) is 0 Å². The van der Waals surface area contributed by atoms with Gasteiger partial charge in [-0.1, -0.05) is 0 Å². The predicted molar refractivity (Wildman–Crippen MR) is 58.8 cm³/mol. The number of carbonyl (C=O) groups is 1. The number of rotatable bonds is 3. The average Bonchev–Trinajstić information content (AvgIpc) is 2.71. The highest BCUT2D eigenvalue weighted by molar-refractivity contribution is 5.79. The van der Waals surface area contributed by atoms with Crippen molar-refractivity contribution in [3.8, 4) is 0 Å². The SMILES string of the molecule is CN(CC1CCOC1)C1CCC(=O)CC1. The number of carbonyl (C=O) groups excluding carboxylic acids is 1. The Morgan fingerprint density at radius 3 is 2.67 bits per heavy atom. The lowest BCUT2D eigenvalue weighted by molar-refractivity contribution is -0.121. The smallest absolute Gasteiger partial charge is 0.133 e. The molecule has 0 aromatic heterocycles. The standard InChI is InChI=1S/C12H21NO2/c1-13(8-10-6-7-15-9-10)11-2-4-12(14)5-3-11/h10-11H,2-9H2,1H3. The highest BCUT2D eigenvalue weighted by Crippen LogP contribution is 2.22. The molecule has 3 nitrogen and oxygen atoms in total. The highest BCUT2D eigenvalue weighted by Gasteiger charge is 2.25. The molecule has 86 valence electrons. The molecular formula is C12H21NO2. The summed E-state index contributed by atoms with van der Waals surface area (Å²) in [6, 6.07) is 0.628. The molecule has 2 aliphatic rings. The summed E-state index contributed by atoms with van der Waals surface area (Å²) in [5, 5.41) is 0. The van der Waals surface area contributed by atoms with Gasteiger partial charge in [0.2, 0.25) is 0 Å². The van der Waals surface area contributed by atoms with E-state index in [0.717, 1.165) is 45.4 Å². The van der Waals surface area contributed by atoms with Crippen LogP contribution in [-0.4, -0.2) is 43.5 Å². The van der Waals surface area contributed by atoms with Crippen LogP contribution in [0.5, 0.6) is 0 Å². The second kappa shape index (κ2) is 5.08. The first kappa shape index (κ1) is 11.1. The summed E-state index contributed by atoms with van der Waals surface area (Å²) >= 11 is 0. The van der Waals surface area contributed by atoms with Gasteiger partial charge in [0.05, 0.1) is 6.61 Å². The second-order valence-electron chi connectivity index (χ2n) is 4.94. The van der Waals surface area contributed by atoms with Crippen LogP contribution in [0.2, 0.25) is 0 Å². The maximum Gasteiger partial charge on any atom is 0.133 e. The number of ether oxygens (including phenoxy) is 1. The molecule has 1 saturated heterocycles. The Balaban J connectivity index is 1.74. The van der Waals surface area contributed by atoms with Gasteiger partial charge in [0, 0.05) is 32.0 Å². The molecule has 2 fully saturated rings. The van der Waals surface area contributed by atoms with Gasteiger partial charge < -0.3 is 9.64 Å². The third kappa shape index (κ3) is 3.02. The van der Waals surface area contributed by atoms with Crippen LogP contribution in [0.15, 0.2) is 0 Å². The second-order valence-corrected chi connectivity index (χ2v) is 4.94. The minimum atomic E-state index is 0.448. The van der Waals surface area contributed by atoms with Crippen molar-refractivity contribution >= 4 is 5.78 Å². The number of nitrogens with zero attached hydrogens (tertiary/aromatic N) is 1. The van der Waals surface area contributed by atoms with Crippen LogP contribution >= 0.6 is 0 Å². The van der Waals surface area contributed by atoms with Crippen molar-refractivity contribution in [2.45, 2.75) is 38.1 Å². The van der Waals surface area contributed by atoms with E-state index >= 15 is 0 Å². The Labute approximate surface area is 91.8 Å². The molecule has 0 radical (unpaired) electrons. The Morgan fingerprint density at radius 2 is 2.07 bits per heavy atom. The lowest BCUT2D eigenvalue weighted by Gasteiger charge is -2.32. The largest absolute Gasteiger partial charge is 0.381 e. The van der Waals surface area contributed by atoms with Crippen LogP contribution in [0.3, 0.4) is 0 Å². The van der Waals surface area contributed by atoms with Crippen LogP contribution in [0.1, 0.15) is 32.1 Å².